The Balaban J connectivity index is 3.08. The number of halogens is 1. The SMILES string of the molecule is Cc1c(N)cc(Br)cc1C(=O)N(C)CC(N)=O. The van der Waals surface area contributed by atoms with Crippen LogP contribution in [0, 0.1) is 6.92 Å². The van der Waals surface area contributed by atoms with Gasteiger partial charge in [0.15, 0.2) is 0 Å². The molecule has 0 aliphatic rings. The molecule has 0 unspecified atom stereocenters. The highest BCUT2D eigenvalue weighted by Gasteiger charge is 2.17. The van der Waals surface area contributed by atoms with E-state index in [2.05, 4.69) is 15.9 Å². The van der Waals surface area contributed by atoms with Gasteiger partial charge in [-0.15, -0.1) is 0 Å². The fourth-order valence-corrected chi connectivity index (χ4v) is 1.91. The number of benzene rings is 1. The van der Waals surface area contributed by atoms with E-state index >= 15 is 0 Å². The van der Waals surface area contributed by atoms with Gasteiger partial charge in [-0.05, 0) is 24.6 Å². The van der Waals surface area contributed by atoms with Crippen LogP contribution in [0.4, 0.5) is 5.69 Å². The smallest absolute Gasteiger partial charge is 0.254 e. The fraction of sp³-hybridized carbons (Fsp3) is 0.273. The highest BCUT2D eigenvalue weighted by molar-refractivity contribution is 9.10. The molecule has 0 radical (unpaired) electrons. The van der Waals surface area contributed by atoms with Crippen molar-refractivity contribution >= 4 is 33.4 Å². The molecule has 0 saturated heterocycles. The monoisotopic (exact) mass is 299 g/mol. The van der Waals surface area contributed by atoms with Crippen LogP contribution in [0.15, 0.2) is 16.6 Å². The molecule has 6 heteroatoms. The average Bonchev–Trinajstić information content (AvgIpc) is 2.21. The molecule has 0 spiro atoms. The van der Waals surface area contributed by atoms with Crippen LogP contribution in [-0.2, 0) is 4.79 Å². The maximum absolute atomic E-state index is 12.0. The molecule has 0 atom stereocenters. The van der Waals surface area contributed by atoms with Crippen LogP contribution in [0.5, 0.6) is 0 Å². The molecule has 17 heavy (non-hydrogen) atoms. The number of hydrogen-bond acceptors (Lipinski definition) is 3. The summed E-state index contributed by atoms with van der Waals surface area (Å²) in [6.45, 7) is 1.64. The number of primary amides is 1. The van der Waals surface area contributed by atoms with E-state index in [0.717, 1.165) is 4.47 Å². The van der Waals surface area contributed by atoms with Crippen LogP contribution in [-0.4, -0.2) is 30.3 Å². The van der Waals surface area contributed by atoms with Crippen molar-refractivity contribution in [2.45, 2.75) is 6.92 Å². The number of rotatable bonds is 3. The van der Waals surface area contributed by atoms with Crippen molar-refractivity contribution in [2.24, 2.45) is 5.73 Å². The van der Waals surface area contributed by atoms with E-state index in [4.69, 9.17) is 11.5 Å². The first-order valence-electron chi connectivity index (χ1n) is 4.92. The third-order valence-corrected chi connectivity index (χ3v) is 2.84. The first kappa shape index (κ1) is 13.5. The molecule has 92 valence electrons. The van der Waals surface area contributed by atoms with E-state index in [-0.39, 0.29) is 12.5 Å². The highest BCUT2D eigenvalue weighted by Crippen LogP contribution is 2.23. The molecule has 1 rings (SSSR count). The van der Waals surface area contributed by atoms with Gasteiger partial charge < -0.3 is 16.4 Å². The molecule has 0 saturated carbocycles. The minimum Gasteiger partial charge on any atom is -0.398 e. The van der Waals surface area contributed by atoms with E-state index in [9.17, 15) is 9.59 Å². The van der Waals surface area contributed by atoms with Crippen LogP contribution in [0.1, 0.15) is 15.9 Å². The zero-order chi connectivity index (χ0) is 13.2. The number of anilines is 1. The van der Waals surface area contributed by atoms with Crippen molar-refractivity contribution in [3.8, 4) is 0 Å². The molecule has 0 heterocycles. The summed E-state index contributed by atoms with van der Waals surface area (Å²) in [6.07, 6.45) is 0. The Bertz CT molecular complexity index is 474. The summed E-state index contributed by atoms with van der Waals surface area (Å²) < 4.78 is 0.719. The number of hydrogen-bond donors (Lipinski definition) is 2. The molecular weight excluding hydrogens is 286 g/mol. The second kappa shape index (κ2) is 5.18. The summed E-state index contributed by atoms with van der Waals surface area (Å²) in [6, 6.07) is 3.39. The second-order valence-electron chi connectivity index (χ2n) is 3.80. The van der Waals surface area contributed by atoms with Gasteiger partial charge in [-0.1, -0.05) is 15.9 Å². The van der Waals surface area contributed by atoms with Crippen LogP contribution in [0.3, 0.4) is 0 Å². The molecule has 0 aliphatic heterocycles. The number of carbonyl (C=O) groups is 2. The van der Waals surface area contributed by atoms with Gasteiger partial charge in [0.2, 0.25) is 5.91 Å². The van der Waals surface area contributed by atoms with Gasteiger partial charge in [0.25, 0.3) is 5.91 Å². The molecule has 1 aromatic rings. The minimum absolute atomic E-state index is 0.120. The zero-order valence-corrected chi connectivity index (χ0v) is 11.2. The Morgan fingerprint density at radius 1 is 1.41 bits per heavy atom. The van der Waals surface area contributed by atoms with Crippen LogP contribution < -0.4 is 11.5 Å². The predicted octanol–water partition coefficient (Wildman–Crippen LogP) is 0.897. The molecule has 0 aromatic heterocycles. The summed E-state index contributed by atoms with van der Waals surface area (Å²) in [7, 11) is 1.52. The van der Waals surface area contributed by atoms with Gasteiger partial charge in [-0.3, -0.25) is 9.59 Å². The van der Waals surface area contributed by atoms with Crippen molar-refractivity contribution in [2.75, 3.05) is 19.3 Å². The standard InChI is InChI=1S/C11H14BrN3O2/c1-6-8(3-7(12)4-9(6)13)11(17)15(2)5-10(14)16/h3-4H,5,13H2,1-2H3,(H2,14,16). The summed E-state index contributed by atoms with van der Waals surface area (Å²) in [5.74, 6) is -0.837. The molecule has 1 aromatic carbocycles. The van der Waals surface area contributed by atoms with Crippen molar-refractivity contribution < 1.29 is 9.59 Å². The fourth-order valence-electron chi connectivity index (χ4n) is 1.43. The Morgan fingerprint density at radius 3 is 2.53 bits per heavy atom. The third kappa shape index (κ3) is 3.20. The zero-order valence-electron chi connectivity index (χ0n) is 9.66. The second-order valence-corrected chi connectivity index (χ2v) is 4.71. The maximum Gasteiger partial charge on any atom is 0.254 e. The highest BCUT2D eigenvalue weighted by atomic mass is 79.9. The summed E-state index contributed by atoms with van der Waals surface area (Å²) >= 11 is 3.27. The Kier molecular flexibility index (Phi) is 4.11. The number of carbonyl (C=O) groups excluding carboxylic acids is 2. The van der Waals surface area contributed by atoms with Crippen molar-refractivity contribution in [3.05, 3.63) is 27.7 Å². The molecule has 0 fully saturated rings. The average molecular weight is 300 g/mol. The predicted molar refractivity (Wildman–Crippen MR) is 69.4 cm³/mol. The summed E-state index contributed by atoms with van der Waals surface area (Å²) in [5.41, 5.74) is 12.5. The van der Waals surface area contributed by atoms with Crippen molar-refractivity contribution in [1.82, 2.24) is 4.90 Å². The lowest BCUT2D eigenvalue weighted by molar-refractivity contribution is -0.118. The van der Waals surface area contributed by atoms with E-state index in [1.54, 1.807) is 19.1 Å². The van der Waals surface area contributed by atoms with Gasteiger partial charge >= 0.3 is 0 Å². The van der Waals surface area contributed by atoms with Crippen LogP contribution in [0.25, 0.3) is 0 Å². The lowest BCUT2D eigenvalue weighted by Crippen LogP contribution is -2.35. The van der Waals surface area contributed by atoms with Crippen molar-refractivity contribution in [3.63, 3.8) is 0 Å². The van der Waals surface area contributed by atoms with E-state index in [1.165, 1.54) is 11.9 Å². The number of nitrogens with two attached hydrogens (primary N) is 2. The molecule has 5 nitrogen and oxygen atoms in total. The van der Waals surface area contributed by atoms with Gasteiger partial charge in [0, 0.05) is 22.8 Å². The molecule has 0 bridgehead atoms. The first-order valence-corrected chi connectivity index (χ1v) is 5.71. The minimum atomic E-state index is -0.554. The maximum atomic E-state index is 12.0. The largest absolute Gasteiger partial charge is 0.398 e. The number of nitrogen functional groups attached to an aromatic ring is 1. The van der Waals surface area contributed by atoms with Gasteiger partial charge in [-0.25, -0.2) is 0 Å². The quantitative estimate of drug-likeness (QED) is 0.813. The van der Waals surface area contributed by atoms with Gasteiger partial charge in [0.1, 0.15) is 0 Å². The molecule has 4 N–H and O–H groups in total. The molecule has 2 amide bonds. The molecular formula is C11H14BrN3O2. The number of amides is 2. The Hall–Kier alpha value is -1.56. The third-order valence-electron chi connectivity index (χ3n) is 2.38. The first-order chi connectivity index (χ1) is 7.82. The van der Waals surface area contributed by atoms with Crippen LogP contribution >= 0.6 is 15.9 Å². The van der Waals surface area contributed by atoms with E-state index in [1.807, 2.05) is 0 Å². The normalized spacial score (nSPS) is 10.1. The van der Waals surface area contributed by atoms with Gasteiger partial charge in [0.05, 0.1) is 6.54 Å². The summed E-state index contributed by atoms with van der Waals surface area (Å²) in [5, 5.41) is 0. The number of likely N-dealkylation sites (N-methyl/N-ethyl adjacent to an activating group) is 1. The van der Waals surface area contributed by atoms with Crippen molar-refractivity contribution in [1.29, 1.82) is 0 Å². The lowest BCUT2D eigenvalue weighted by atomic mass is 10.1. The molecule has 0 aliphatic carbocycles. The Morgan fingerprint density at radius 2 is 2.00 bits per heavy atom. The van der Waals surface area contributed by atoms with Gasteiger partial charge in [-0.2, -0.15) is 0 Å². The van der Waals surface area contributed by atoms with E-state index in [0.29, 0.717) is 16.8 Å². The Labute approximate surface area is 108 Å². The summed E-state index contributed by atoms with van der Waals surface area (Å²) in [4.78, 5) is 24.1. The lowest BCUT2D eigenvalue weighted by Gasteiger charge is -2.17. The number of nitrogens with zero attached hydrogens (tertiary/aromatic N) is 1. The topological polar surface area (TPSA) is 89.4 Å². The van der Waals surface area contributed by atoms with Crippen LogP contribution in [0.2, 0.25) is 0 Å². The van der Waals surface area contributed by atoms with E-state index < -0.39 is 5.91 Å².